The molecule has 7 heteroatoms. The van der Waals surface area contributed by atoms with Crippen LogP contribution < -0.4 is 5.06 Å². The van der Waals surface area contributed by atoms with E-state index in [1.54, 1.807) is 30.6 Å². The molecule has 0 saturated heterocycles. The minimum absolute atomic E-state index is 0.362. The molecule has 152 valence electrons. The summed E-state index contributed by atoms with van der Waals surface area (Å²) in [5.41, 5.74) is 4.23. The summed E-state index contributed by atoms with van der Waals surface area (Å²) >= 11 is 12.4. The van der Waals surface area contributed by atoms with E-state index < -0.39 is 0 Å². The molecule has 0 aliphatic rings. The number of nitriles is 1. The summed E-state index contributed by atoms with van der Waals surface area (Å²) in [6.45, 7) is 0. The van der Waals surface area contributed by atoms with E-state index in [9.17, 15) is 5.26 Å². The average molecular weight is 447 g/mol. The number of hydrogen-bond donors (Lipinski definition) is 0. The van der Waals surface area contributed by atoms with Crippen LogP contribution >= 0.6 is 23.2 Å². The first-order chi connectivity index (χ1) is 15.1. The molecule has 31 heavy (non-hydrogen) atoms. The molecule has 0 radical (unpaired) electrons. The van der Waals surface area contributed by atoms with Gasteiger partial charge in [-0.05, 0) is 53.6 Å². The topological polar surface area (TPSA) is 62.0 Å². The minimum atomic E-state index is 0.362. The molecule has 0 aliphatic carbocycles. The highest BCUT2D eigenvalue weighted by atomic mass is 35.5. The molecule has 0 bridgehead atoms. The maximum absolute atomic E-state index is 9.70. The first-order valence-corrected chi connectivity index (χ1v) is 10.1. The molecule has 0 spiro atoms. The molecule has 0 unspecified atom stereocenters. The van der Waals surface area contributed by atoms with Gasteiger partial charge in [0.2, 0.25) is 0 Å². The van der Waals surface area contributed by atoms with Crippen LogP contribution in [-0.2, 0) is 4.84 Å². The van der Waals surface area contributed by atoms with E-state index in [1.807, 2.05) is 42.5 Å². The Labute approximate surface area is 189 Å². The molecule has 0 saturated carbocycles. The molecule has 5 nitrogen and oxygen atoms in total. The summed E-state index contributed by atoms with van der Waals surface area (Å²) in [6.07, 6.45) is 9.03. The Morgan fingerprint density at radius 1 is 1.00 bits per heavy atom. The Kier molecular flexibility index (Phi) is 6.15. The lowest BCUT2D eigenvalue weighted by molar-refractivity contribution is 0.202. The summed E-state index contributed by atoms with van der Waals surface area (Å²) in [5.74, 6) is 0. The highest BCUT2D eigenvalue weighted by Gasteiger charge is 2.20. The number of rotatable bonds is 5. The van der Waals surface area contributed by atoms with Crippen molar-refractivity contribution in [2.45, 2.75) is 0 Å². The maximum atomic E-state index is 9.70. The van der Waals surface area contributed by atoms with Crippen molar-refractivity contribution < 1.29 is 4.84 Å². The van der Waals surface area contributed by atoms with Gasteiger partial charge in [0, 0.05) is 29.0 Å². The van der Waals surface area contributed by atoms with Crippen molar-refractivity contribution in [1.82, 2.24) is 9.97 Å². The minimum Gasteiger partial charge on any atom is -0.272 e. The zero-order valence-corrected chi connectivity index (χ0v) is 18.0. The van der Waals surface area contributed by atoms with Gasteiger partial charge in [0.25, 0.3) is 0 Å². The van der Waals surface area contributed by atoms with Crippen LogP contribution in [0.4, 0.5) is 11.4 Å². The number of anilines is 2. The highest BCUT2D eigenvalue weighted by molar-refractivity contribution is 6.36. The molecule has 2 heterocycles. The van der Waals surface area contributed by atoms with E-state index in [0.717, 1.165) is 22.0 Å². The Morgan fingerprint density at radius 3 is 2.48 bits per heavy atom. The monoisotopic (exact) mass is 446 g/mol. The summed E-state index contributed by atoms with van der Waals surface area (Å²) < 4.78 is 0. The molecule has 0 fully saturated rings. The van der Waals surface area contributed by atoms with Crippen LogP contribution in [0.25, 0.3) is 23.1 Å². The second-order valence-corrected chi connectivity index (χ2v) is 7.44. The third kappa shape index (κ3) is 4.37. The van der Waals surface area contributed by atoms with Gasteiger partial charge >= 0.3 is 0 Å². The third-order valence-corrected chi connectivity index (χ3v) is 5.21. The number of aromatic nitrogens is 2. The van der Waals surface area contributed by atoms with Gasteiger partial charge in [-0.2, -0.15) is 5.26 Å². The predicted octanol–water partition coefficient (Wildman–Crippen LogP) is 6.68. The number of hydrogen-bond acceptors (Lipinski definition) is 5. The predicted molar refractivity (Wildman–Crippen MR) is 125 cm³/mol. The van der Waals surface area contributed by atoms with E-state index in [-0.39, 0.29) is 0 Å². The van der Waals surface area contributed by atoms with Gasteiger partial charge in [0.1, 0.15) is 6.07 Å². The van der Waals surface area contributed by atoms with E-state index in [0.29, 0.717) is 27.0 Å². The summed E-state index contributed by atoms with van der Waals surface area (Å²) in [4.78, 5) is 14.1. The first-order valence-electron chi connectivity index (χ1n) is 9.31. The first kappa shape index (κ1) is 20.8. The van der Waals surface area contributed by atoms with Gasteiger partial charge in [-0.3, -0.25) is 14.8 Å². The fraction of sp³-hybridized carbons (Fsp3) is 0.0417. The quantitative estimate of drug-likeness (QED) is 0.320. The molecular formula is C24H16Cl2N4O. The van der Waals surface area contributed by atoms with E-state index in [1.165, 1.54) is 18.4 Å². The lowest BCUT2D eigenvalue weighted by Crippen LogP contribution is -2.17. The van der Waals surface area contributed by atoms with Crippen LogP contribution in [0.2, 0.25) is 10.0 Å². The smallest absolute Gasteiger partial charge is 0.103 e. The van der Waals surface area contributed by atoms with Gasteiger partial charge in [-0.15, -0.1) is 0 Å². The molecule has 0 aliphatic heterocycles. The SMILES string of the molecule is CON(c1ccc(Cl)cc1Cl)c1c(C#N)cnc2cc(/C=C/c3ccncc3)ccc12. The Morgan fingerprint density at radius 2 is 1.77 bits per heavy atom. The van der Waals surface area contributed by atoms with Crippen LogP contribution in [0.5, 0.6) is 0 Å². The highest BCUT2D eigenvalue weighted by Crippen LogP contribution is 2.39. The van der Waals surface area contributed by atoms with Crippen LogP contribution in [0.3, 0.4) is 0 Å². The molecule has 0 N–H and O–H groups in total. The standard InChI is InChI=1S/C24H16Cl2N4O/c1-31-30(23-7-5-19(25)13-21(23)26)24-18(14-27)15-29-22-12-17(4-6-20(22)24)3-2-16-8-10-28-11-9-16/h2-13,15H,1H3/b3-2+. The van der Waals surface area contributed by atoms with E-state index in [4.69, 9.17) is 28.0 Å². The van der Waals surface area contributed by atoms with Crippen molar-refractivity contribution in [2.24, 2.45) is 0 Å². The Balaban J connectivity index is 1.82. The van der Waals surface area contributed by atoms with Crippen molar-refractivity contribution in [3.63, 3.8) is 0 Å². The van der Waals surface area contributed by atoms with Gasteiger partial charge in [-0.1, -0.05) is 41.4 Å². The fourth-order valence-electron chi connectivity index (χ4n) is 3.22. The maximum Gasteiger partial charge on any atom is 0.103 e. The van der Waals surface area contributed by atoms with Crippen molar-refractivity contribution in [1.29, 1.82) is 5.26 Å². The largest absolute Gasteiger partial charge is 0.272 e. The number of nitrogens with zero attached hydrogens (tertiary/aromatic N) is 4. The lowest BCUT2D eigenvalue weighted by Gasteiger charge is -2.25. The molecule has 0 amide bonds. The number of halogens is 2. The molecule has 2 aromatic heterocycles. The van der Waals surface area contributed by atoms with Crippen LogP contribution in [0.15, 0.2) is 67.1 Å². The second kappa shape index (κ2) is 9.15. The normalized spacial score (nSPS) is 11.0. The zero-order valence-electron chi connectivity index (χ0n) is 16.5. The molecule has 2 aromatic carbocycles. The fourth-order valence-corrected chi connectivity index (χ4v) is 3.71. The second-order valence-electron chi connectivity index (χ2n) is 6.60. The summed E-state index contributed by atoms with van der Waals surface area (Å²) in [6, 6.07) is 17.0. The number of benzene rings is 2. The van der Waals surface area contributed by atoms with Crippen molar-refractivity contribution in [2.75, 3.05) is 12.2 Å². The molecule has 4 rings (SSSR count). The lowest BCUT2D eigenvalue weighted by atomic mass is 10.1. The summed E-state index contributed by atoms with van der Waals surface area (Å²) in [7, 11) is 1.52. The molecule has 4 aromatic rings. The van der Waals surface area contributed by atoms with Gasteiger partial charge < -0.3 is 0 Å². The van der Waals surface area contributed by atoms with Gasteiger partial charge in [0.15, 0.2) is 0 Å². The van der Waals surface area contributed by atoms with Crippen molar-refractivity contribution >= 4 is 57.6 Å². The number of fused-ring (bicyclic) bond motifs is 1. The Hall–Kier alpha value is -3.43. The van der Waals surface area contributed by atoms with Crippen LogP contribution in [0, 0.1) is 11.3 Å². The molecule has 0 atom stereocenters. The van der Waals surface area contributed by atoms with Crippen LogP contribution in [0.1, 0.15) is 16.7 Å². The average Bonchev–Trinajstić information content (AvgIpc) is 2.80. The van der Waals surface area contributed by atoms with Gasteiger partial charge in [-0.25, -0.2) is 5.06 Å². The van der Waals surface area contributed by atoms with Crippen molar-refractivity contribution in [3.05, 3.63) is 93.9 Å². The number of pyridine rings is 2. The van der Waals surface area contributed by atoms with Crippen LogP contribution in [-0.4, -0.2) is 17.1 Å². The van der Waals surface area contributed by atoms with Gasteiger partial charge in [0.05, 0.1) is 34.6 Å². The molecular weight excluding hydrogens is 431 g/mol. The summed E-state index contributed by atoms with van der Waals surface area (Å²) in [5, 5.41) is 12.9. The van der Waals surface area contributed by atoms with Crippen molar-refractivity contribution in [3.8, 4) is 6.07 Å². The Bertz CT molecular complexity index is 1320. The zero-order chi connectivity index (χ0) is 21.8. The van der Waals surface area contributed by atoms with E-state index >= 15 is 0 Å². The van der Waals surface area contributed by atoms with E-state index in [2.05, 4.69) is 16.0 Å². The third-order valence-electron chi connectivity index (χ3n) is 4.67.